The smallest absolute Gasteiger partial charge is 0.305 e. The zero-order valence-corrected chi connectivity index (χ0v) is 52.4. The molecule has 0 bridgehead atoms. The van der Waals surface area contributed by atoms with Crippen LogP contribution in [0.5, 0.6) is 0 Å². The summed E-state index contributed by atoms with van der Waals surface area (Å²) in [6.45, 7) is 4.92. The van der Waals surface area contributed by atoms with Gasteiger partial charge in [-0.25, -0.2) is 0 Å². The van der Waals surface area contributed by atoms with E-state index in [1.54, 1.807) is 6.08 Å². The van der Waals surface area contributed by atoms with Crippen molar-refractivity contribution >= 4 is 11.9 Å². The molecular weight excluding hydrogens is 959 g/mol. The summed E-state index contributed by atoms with van der Waals surface area (Å²) in [6.07, 6.45) is 87.5. The van der Waals surface area contributed by atoms with Gasteiger partial charge in [-0.2, -0.15) is 0 Å². The first-order valence-corrected chi connectivity index (χ1v) is 34.9. The van der Waals surface area contributed by atoms with Gasteiger partial charge >= 0.3 is 5.97 Å². The van der Waals surface area contributed by atoms with Gasteiger partial charge in [0.25, 0.3) is 0 Å². The normalized spacial score (nSPS) is 12.8. The van der Waals surface area contributed by atoms with E-state index in [0.29, 0.717) is 19.4 Å². The summed E-state index contributed by atoms with van der Waals surface area (Å²) < 4.78 is 5.48. The fourth-order valence-corrected chi connectivity index (χ4v) is 10.7. The first kappa shape index (κ1) is 75.8. The molecule has 2 atom stereocenters. The van der Waals surface area contributed by atoms with Crippen molar-refractivity contribution in [2.24, 2.45) is 0 Å². The molecule has 1 amide bonds. The molecule has 0 aromatic rings. The number of hydrogen-bond acceptors (Lipinski definition) is 5. The van der Waals surface area contributed by atoms with E-state index in [9.17, 15) is 19.8 Å². The summed E-state index contributed by atoms with van der Waals surface area (Å²) in [5.74, 6) is -0.0706. The highest BCUT2D eigenvalue weighted by molar-refractivity contribution is 5.76. The lowest BCUT2D eigenvalue weighted by atomic mass is 10.0. The SMILES string of the molecule is CCCCCCCC/C=C\CCCCCCCC(=O)OCCCCCCCCCCC/C=C\C/C=C\CCCCCCCCCCCC(=O)NC(CO)C(O)/C=C/CCCCCCCCCCCCCCCCCCCCC. The number of aliphatic hydroxyl groups is 2. The van der Waals surface area contributed by atoms with Crippen LogP contribution < -0.4 is 5.32 Å². The lowest BCUT2D eigenvalue weighted by Gasteiger charge is -2.20. The number of hydrogen-bond donors (Lipinski definition) is 3. The van der Waals surface area contributed by atoms with Crippen LogP contribution in [0.25, 0.3) is 0 Å². The van der Waals surface area contributed by atoms with E-state index in [4.69, 9.17) is 4.74 Å². The largest absolute Gasteiger partial charge is 0.466 e. The molecule has 0 aliphatic heterocycles. The van der Waals surface area contributed by atoms with Crippen molar-refractivity contribution in [3.63, 3.8) is 0 Å². The van der Waals surface area contributed by atoms with Crippen LogP contribution in [0.3, 0.4) is 0 Å². The molecule has 6 heteroatoms. The highest BCUT2D eigenvalue weighted by Crippen LogP contribution is 2.18. The van der Waals surface area contributed by atoms with E-state index in [1.165, 1.54) is 295 Å². The van der Waals surface area contributed by atoms with Crippen LogP contribution in [-0.2, 0) is 14.3 Å². The van der Waals surface area contributed by atoms with Gasteiger partial charge in [0.15, 0.2) is 0 Å². The number of unbranched alkanes of at least 4 members (excludes halogenated alkanes) is 48. The van der Waals surface area contributed by atoms with E-state index in [2.05, 4.69) is 55.6 Å². The predicted molar refractivity (Wildman–Crippen MR) is 342 cm³/mol. The maximum Gasteiger partial charge on any atom is 0.305 e. The van der Waals surface area contributed by atoms with Crippen molar-refractivity contribution in [1.29, 1.82) is 0 Å². The van der Waals surface area contributed by atoms with E-state index in [-0.39, 0.29) is 18.5 Å². The maximum absolute atomic E-state index is 12.5. The summed E-state index contributed by atoms with van der Waals surface area (Å²) in [5, 5.41) is 23.2. The van der Waals surface area contributed by atoms with Crippen LogP contribution in [0.15, 0.2) is 48.6 Å². The van der Waals surface area contributed by atoms with E-state index in [0.717, 1.165) is 51.4 Å². The molecule has 0 aromatic carbocycles. The Morgan fingerprint density at radius 1 is 0.359 bits per heavy atom. The number of amides is 1. The van der Waals surface area contributed by atoms with Gasteiger partial charge < -0.3 is 20.3 Å². The topological polar surface area (TPSA) is 95.9 Å². The molecule has 0 saturated carbocycles. The third kappa shape index (κ3) is 63.0. The second-order valence-electron chi connectivity index (χ2n) is 23.9. The molecular formula is C72H135NO5. The van der Waals surface area contributed by atoms with Gasteiger partial charge in [-0.1, -0.05) is 319 Å². The minimum absolute atomic E-state index is 0.000788. The maximum atomic E-state index is 12.5. The summed E-state index contributed by atoms with van der Waals surface area (Å²) >= 11 is 0. The van der Waals surface area contributed by atoms with Crippen molar-refractivity contribution in [3.05, 3.63) is 48.6 Å². The van der Waals surface area contributed by atoms with Gasteiger partial charge in [0, 0.05) is 12.8 Å². The van der Waals surface area contributed by atoms with Gasteiger partial charge in [-0.15, -0.1) is 0 Å². The predicted octanol–water partition coefficient (Wildman–Crippen LogP) is 22.5. The van der Waals surface area contributed by atoms with Crippen molar-refractivity contribution in [2.45, 2.75) is 386 Å². The first-order valence-electron chi connectivity index (χ1n) is 34.9. The van der Waals surface area contributed by atoms with Crippen LogP contribution in [0, 0.1) is 0 Å². The number of allylic oxidation sites excluding steroid dienone is 7. The zero-order valence-electron chi connectivity index (χ0n) is 52.4. The zero-order chi connectivity index (χ0) is 56.4. The standard InChI is InChI=1S/C72H135NO5/c1-3-5-7-9-11-13-15-17-19-20-21-27-30-33-37-40-44-48-52-56-60-64-70(75)69(68-74)73-71(76)65-61-57-53-49-45-41-38-34-31-28-25-23-22-24-26-29-32-35-39-43-47-51-55-59-63-67-78-72(77)66-62-58-54-50-46-42-36-18-16-14-12-10-8-6-4-2/h18,23-26,36,60,64,69-70,74-75H,3-17,19-22,27-35,37-59,61-63,65-68H2,1-2H3,(H,73,76)/b25-23-,26-24-,36-18-,64-60+. The Bertz CT molecular complexity index is 1310. The second-order valence-corrected chi connectivity index (χ2v) is 23.9. The quantitative estimate of drug-likeness (QED) is 0.0320. The fourth-order valence-electron chi connectivity index (χ4n) is 10.7. The van der Waals surface area contributed by atoms with Gasteiger partial charge in [0.1, 0.15) is 0 Å². The van der Waals surface area contributed by atoms with Crippen molar-refractivity contribution < 1.29 is 24.5 Å². The lowest BCUT2D eigenvalue weighted by Crippen LogP contribution is -2.45. The van der Waals surface area contributed by atoms with Crippen LogP contribution in [0.2, 0.25) is 0 Å². The number of rotatable bonds is 65. The summed E-state index contributed by atoms with van der Waals surface area (Å²) in [7, 11) is 0. The molecule has 0 radical (unpaired) electrons. The molecule has 0 aromatic heterocycles. The summed E-state index contributed by atoms with van der Waals surface area (Å²) in [6, 6.07) is -0.634. The molecule has 0 aliphatic rings. The number of aliphatic hydroxyl groups excluding tert-OH is 2. The molecule has 0 heterocycles. The van der Waals surface area contributed by atoms with E-state index < -0.39 is 12.1 Å². The molecule has 6 nitrogen and oxygen atoms in total. The van der Waals surface area contributed by atoms with Gasteiger partial charge in [-0.3, -0.25) is 9.59 Å². The van der Waals surface area contributed by atoms with Crippen LogP contribution in [0.4, 0.5) is 0 Å². The van der Waals surface area contributed by atoms with Gasteiger partial charge in [0.2, 0.25) is 5.91 Å². The molecule has 0 aliphatic carbocycles. The number of esters is 1. The summed E-state index contributed by atoms with van der Waals surface area (Å²) in [4.78, 5) is 24.6. The van der Waals surface area contributed by atoms with Crippen LogP contribution in [-0.4, -0.2) is 47.4 Å². The minimum atomic E-state index is -0.850. The Hall–Kier alpha value is -2.18. The van der Waals surface area contributed by atoms with Crippen LogP contribution >= 0.6 is 0 Å². The molecule has 0 spiro atoms. The second kappa shape index (κ2) is 67.3. The van der Waals surface area contributed by atoms with Crippen molar-refractivity contribution in [1.82, 2.24) is 5.32 Å². The fraction of sp³-hybridized carbons (Fsp3) is 0.861. The average Bonchev–Trinajstić information content (AvgIpc) is 3.44. The molecule has 0 rings (SSSR count). The Balaban J connectivity index is 3.46. The number of ether oxygens (including phenoxy) is 1. The lowest BCUT2D eigenvalue weighted by molar-refractivity contribution is -0.143. The third-order valence-electron chi connectivity index (χ3n) is 16.1. The molecule has 0 fully saturated rings. The van der Waals surface area contributed by atoms with Crippen LogP contribution in [0.1, 0.15) is 373 Å². The highest BCUT2D eigenvalue weighted by atomic mass is 16.5. The molecule has 0 saturated heterocycles. The van der Waals surface area contributed by atoms with E-state index in [1.807, 2.05) is 6.08 Å². The third-order valence-corrected chi connectivity index (χ3v) is 16.1. The first-order chi connectivity index (χ1) is 38.5. The van der Waals surface area contributed by atoms with Crippen molar-refractivity contribution in [3.8, 4) is 0 Å². The van der Waals surface area contributed by atoms with Gasteiger partial charge in [0.05, 0.1) is 25.4 Å². The van der Waals surface area contributed by atoms with Crippen molar-refractivity contribution in [2.75, 3.05) is 13.2 Å². The highest BCUT2D eigenvalue weighted by Gasteiger charge is 2.18. The minimum Gasteiger partial charge on any atom is -0.466 e. The Labute approximate surface area is 486 Å². The number of nitrogens with one attached hydrogen (secondary N) is 1. The number of carbonyl (C=O) groups is 2. The Morgan fingerprint density at radius 3 is 0.987 bits per heavy atom. The summed E-state index contributed by atoms with van der Waals surface area (Å²) in [5.41, 5.74) is 0. The van der Waals surface area contributed by atoms with E-state index >= 15 is 0 Å². The average molecular weight is 1090 g/mol. The van der Waals surface area contributed by atoms with Gasteiger partial charge in [-0.05, 0) is 89.9 Å². The number of carbonyl (C=O) groups excluding carboxylic acids is 2. The Kier molecular flexibility index (Phi) is 65.4. The molecule has 458 valence electrons. The monoisotopic (exact) mass is 1090 g/mol. The molecule has 78 heavy (non-hydrogen) atoms. The molecule has 3 N–H and O–H groups in total. The Morgan fingerprint density at radius 2 is 0.641 bits per heavy atom. The molecule has 2 unspecified atom stereocenters.